The van der Waals surface area contributed by atoms with E-state index >= 15 is 0 Å². The molecule has 0 radical (unpaired) electrons. The first-order valence-corrected chi connectivity index (χ1v) is 12.2. The molecule has 3 amide bonds. The maximum atomic E-state index is 13.8. The average molecular weight is 478 g/mol. The molecule has 1 saturated carbocycles. The molecule has 2 heterocycles. The molecule has 8 nitrogen and oxygen atoms in total. The number of carbonyl (C=O) groups excluding carboxylic acids is 3. The van der Waals surface area contributed by atoms with Crippen molar-refractivity contribution in [1.29, 1.82) is 0 Å². The normalized spacial score (nSPS) is 21.1. The van der Waals surface area contributed by atoms with Gasteiger partial charge >= 0.3 is 0 Å². The van der Waals surface area contributed by atoms with Crippen molar-refractivity contribution in [2.75, 3.05) is 26.8 Å². The van der Waals surface area contributed by atoms with Gasteiger partial charge in [-0.2, -0.15) is 0 Å². The lowest BCUT2D eigenvalue weighted by atomic mass is 9.96. The van der Waals surface area contributed by atoms with Crippen LogP contribution in [-0.2, 0) is 20.9 Å². The zero-order chi connectivity index (χ0) is 24.4. The Morgan fingerprint density at radius 2 is 1.80 bits per heavy atom. The van der Waals surface area contributed by atoms with Gasteiger partial charge in [-0.15, -0.1) is 0 Å². The van der Waals surface area contributed by atoms with Crippen LogP contribution in [0.15, 0.2) is 54.6 Å². The summed E-state index contributed by atoms with van der Waals surface area (Å²) in [5.41, 5.74) is 0.494. The fourth-order valence-electron chi connectivity index (χ4n) is 5.03. The summed E-state index contributed by atoms with van der Waals surface area (Å²) in [6.45, 7) is 1.51. The maximum Gasteiger partial charge on any atom is 0.257 e. The molecule has 0 unspecified atom stereocenters. The minimum absolute atomic E-state index is 0.118. The second-order valence-electron chi connectivity index (χ2n) is 9.48. The summed E-state index contributed by atoms with van der Waals surface area (Å²) in [5, 5.41) is 2.97. The van der Waals surface area contributed by atoms with Crippen LogP contribution < -0.4 is 10.1 Å². The van der Waals surface area contributed by atoms with E-state index in [0.29, 0.717) is 43.8 Å². The van der Waals surface area contributed by atoms with Gasteiger partial charge in [0, 0.05) is 44.0 Å². The molecule has 184 valence electrons. The highest BCUT2D eigenvalue weighted by Gasteiger charge is 2.54. The Labute approximate surface area is 205 Å². The average Bonchev–Trinajstić information content (AvgIpc) is 3.70. The molecule has 2 aromatic rings. The molecular formula is C27H31N3O5. The van der Waals surface area contributed by atoms with Gasteiger partial charge in [-0.05, 0) is 36.6 Å². The van der Waals surface area contributed by atoms with Crippen molar-refractivity contribution in [2.45, 2.75) is 44.0 Å². The third-order valence-electron chi connectivity index (χ3n) is 7.19. The molecule has 5 rings (SSSR count). The van der Waals surface area contributed by atoms with E-state index in [1.165, 1.54) is 0 Å². The van der Waals surface area contributed by atoms with Crippen molar-refractivity contribution >= 4 is 17.7 Å². The van der Waals surface area contributed by atoms with Crippen molar-refractivity contribution in [3.05, 3.63) is 65.7 Å². The molecule has 0 aromatic heterocycles. The SMILES string of the molecule is COc1cccc(C(=O)N2[C@@H](C(=O)NCc3ccccc3)COC23CCN(C(=O)C2CC2)CC3)c1. The fourth-order valence-corrected chi connectivity index (χ4v) is 5.03. The van der Waals surface area contributed by atoms with Crippen molar-refractivity contribution < 1.29 is 23.9 Å². The predicted molar refractivity (Wildman–Crippen MR) is 128 cm³/mol. The standard InChI is InChI=1S/C27H31N3O5/c1-34-22-9-5-8-21(16-22)26(33)30-23(24(31)28-17-19-6-3-2-4-7-19)18-35-27(30)12-14-29(15-13-27)25(32)20-10-11-20/h2-9,16,20,23H,10-15,17-18H2,1H3,(H,28,31)/t23-/m1/s1. The van der Waals surface area contributed by atoms with Gasteiger partial charge < -0.3 is 19.7 Å². The number of hydrogen-bond donors (Lipinski definition) is 1. The third kappa shape index (κ3) is 4.75. The largest absolute Gasteiger partial charge is 0.497 e. The molecule has 35 heavy (non-hydrogen) atoms. The molecule has 3 fully saturated rings. The summed E-state index contributed by atoms with van der Waals surface area (Å²) < 4.78 is 11.6. The van der Waals surface area contributed by atoms with Crippen molar-refractivity contribution in [2.24, 2.45) is 5.92 Å². The lowest BCUT2D eigenvalue weighted by molar-refractivity contribution is -0.144. The van der Waals surface area contributed by atoms with Crippen LogP contribution in [0, 0.1) is 5.92 Å². The summed E-state index contributed by atoms with van der Waals surface area (Å²) in [7, 11) is 1.55. The topological polar surface area (TPSA) is 88.2 Å². The lowest BCUT2D eigenvalue weighted by Gasteiger charge is -2.44. The summed E-state index contributed by atoms with van der Waals surface area (Å²) >= 11 is 0. The van der Waals surface area contributed by atoms with Crippen molar-refractivity contribution in [3.63, 3.8) is 0 Å². The fraction of sp³-hybridized carbons (Fsp3) is 0.444. The van der Waals surface area contributed by atoms with E-state index in [1.807, 2.05) is 35.2 Å². The second-order valence-corrected chi connectivity index (χ2v) is 9.48. The minimum atomic E-state index is -0.921. The Morgan fingerprint density at radius 1 is 1.06 bits per heavy atom. The molecule has 2 aromatic carbocycles. The molecule has 1 atom stereocenters. The van der Waals surface area contributed by atoms with Crippen LogP contribution >= 0.6 is 0 Å². The number of rotatable bonds is 6. The maximum absolute atomic E-state index is 13.8. The van der Waals surface area contributed by atoms with E-state index in [2.05, 4.69) is 5.32 Å². The Kier molecular flexibility index (Phi) is 6.47. The molecular weight excluding hydrogens is 446 g/mol. The zero-order valence-electron chi connectivity index (χ0n) is 19.9. The zero-order valence-corrected chi connectivity index (χ0v) is 19.9. The highest BCUT2D eigenvalue weighted by atomic mass is 16.5. The second kappa shape index (κ2) is 9.70. The van der Waals surface area contributed by atoms with Gasteiger partial charge in [-0.3, -0.25) is 19.3 Å². The van der Waals surface area contributed by atoms with Gasteiger partial charge in [-0.25, -0.2) is 0 Å². The van der Waals surface area contributed by atoms with Gasteiger partial charge in [0.05, 0.1) is 13.7 Å². The molecule has 8 heteroatoms. The van der Waals surface area contributed by atoms with Gasteiger partial charge in [0.15, 0.2) is 0 Å². The van der Waals surface area contributed by atoms with Gasteiger partial charge in [0.25, 0.3) is 5.91 Å². The third-order valence-corrected chi connectivity index (χ3v) is 7.19. The smallest absolute Gasteiger partial charge is 0.257 e. The van der Waals surface area contributed by atoms with Crippen LogP contribution in [0.2, 0.25) is 0 Å². The van der Waals surface area contributed by atoms with Crippen molar-refractivity contribution in [3.8, 4) is 5.75 Å². The molecule has 1 spiro atoms. The Hall–Kier alpha value is -3.39. The summed E-state index contributed by atoms with van der Waals surface area (Å²) in [6, 6.07) is 15.8. The van der Waals surface area contributed by atoms with E-state index < -0.39 is 11.8 Å². The van der Waals surface area contributed by atoms with Crippen LogP contribution in [0.5, 0.6) is 5.75 Å². The molecule has 0 bridgehead atoms. The first kappa shape index (κ1) is 23.4. The molecule has 2 saturated heterocycles. The van der Waals surface area contributed by atoms with Gasteiger partial charge in [0.2, 0.25) is 11.8 Å². The number of nitrogens with zero attached hydrogens (tertiary/aromatic N) is 2. The van der Waals surface area contributed by atoms with E-state index in [9.17, 15) is 14.4 Å². The number of piperidine rings is 1. The molecule has 1 N–H and O–H groups in total. The number of likely N-dealkylation sites (tertiary alicyclic amines) is 1. The van der Waals surface area contributed by atoms with E-state index in [4.69, 9.17) is 9.47 Å². The summed E-state index contributed by atoms with van der Waals surface area (Å²) in [4.78, 5) is 43.2. The van der Waals surface area contributed by atoms with Crippen LogP contribution in [0.25, 0.3) is 0 Å². The Morgan fingerprint density at radius 3 is 2.49 bits per heavy atom. The molecule has 3 aliphatic rings. The van der Waals surface area contributed by atoms with Gasteiger partial charge in [-0.1, -0.05) is 36.4 Å². The predicted octanol–water partition coefficient (Wildman–Crippen LogP) is 2.58. The number of ether oxygens (including phenoxy) is 2. The highest BCUT2D eigenvalue weighted by Crippen LogP contribution is 2.40. The van der Waals surface area contributed by atoms with Gasteiger partial charge in [0.1, 0.15) is 17.5 Å². The molecule has 2 aliphatic heterocycles. The van der Waals surface area contributed by atoms with Crippen LogP contribution in [0.4, 0.5) is 0 Å². The number of amides is 3. The lowest BCUT2D eigenvalue weighted by Crippen LogP contribution is -2.59. The summed E-state index contributed by atoms with van der Waals surface area (Å²) in [5.74, 6) is 0.391. The Bertz CT molecular complexity index is 1090. The highest BCUT2D eigenvalue weighted by molar-refractivity contribution is 5.98. The van der Waals surface area contributed by atoms with Crippen LogP contribution in [-0.4, -0.2) is 66.1 Å². The quantitative estimate of drug-likeness (QED) is 0.691. The monoisotopic (exact) mass is 477 g/mol. The molecule has 1 aliphatic carbocycles. The minimum Gasteiger partial charge on any atom is -0.497 e. The van der Waals surface area contributed by atoms with E-state index in [1.54, 1.807) is 36.3 Å². The summed E-state index contributed by atoms with van der Waals surface area (Å²) in [6.07, 6.45) is 2.87. The number of methoxy groups -OCH3 is 1. The van der Waals surface area contributed by atoms with E-state index in [-0.39, 0.29) is 30.2 Å². The van der Waals surface area contributed by atoms with Crippen LogP contribution in [0.3, 0.4) is 0 Å². The number of hydrogen-bond acceptors (Lipinski definition) is 5. The van der Waals surface area contributed by atoms with Crippen molar-refractivity contribution in [1.82, 2.24) is 15.1 Å². The van der Waals surface area contributed by atoms with E-state index in [0.717, 1.165) is 18.4 Å². The number of carbonyl (C=O) groups is 3. The first-order chi connectivity index (χ1) is 17.0. The Balaban J connectivity index is 1.37. The first-order valence-electron chi connectivity index (χ1n) is 12.2. The van der Waals surface area contributed by atoms with Crippen LogP contribution in [0.1, 0.15) is 41.6 Å². The number of benzene rings is 2. The number of nitrogens with one attached hydrogen (secondary N) is 1.